The van der Waals surface area contributed by atoms with Crippen LogP contribution in [0.25, 0.3) is 22.5 Å². The van der Waals surface area contributed by atoms with Gasteiger partial charge in [0.25, 0.3) is 5.91 Å². The van der Waals surface area contributed by atoms with E-state index in [-0.39, 0.29) is 47.3 Å². The Labute approximate surface area is 309 Å². The lowest BCUT2D eigenvalue weighted by Crippen LogP contribution is -2.48. The highest BCUT2D eigenvalue weighted by molar-refractivity contribution is 5.98. The SMILES string of the molecule is Cc1cc(C(=O)NC2CCC(N(C)C)CC2)ccc1-c1cccc(C[C@H](NC(=O)C2CCC(CN)CC2)C(=O)Nc2ccc(-c3nn[nH]n3)c(F)c2)c1. The number of aromatic nitrogens is 4. The molecule has 4 aromatic rings. The van der Waals surface area contributed by atoms with E-state index >= 15 is 4.39 Å². The van der Waals surface area contributed by atoms with E-state index in [9.17, 15) is 14.4 Å². The number of amides is 3. The molecule has 3 aromatic carbocycles. The Bertz CT molecular complexity index is 1880. The number of nitrogens with zero attached hydrogens (tertiary/aromatic N) is 4. The van der Waals surface area contributed by atoms with Crippen LogP contribution in [0.1, 0.15) is 72.9 Å². The van der Waals surface area contributed by atoms with E-state index in [0.717, 1.165) is 60.8 Å². The standard InChI is InChI=1S/C40H50FN9O3/c1-24-19-29(39(52)43-30-12-15-32(16-13-30)50(2)3)11-17-33(24)28-6-4-5-26(20-28)21-36(45-38(51)27-9-7-25(23-42)8-10-27)40(53)44-31-14-18-34(35(41)22-31)37-46-48-49-47-37/h4-6,11,14,17-20,22,25,27,30,32,36H,7-10,12-13,15-16,21,23,42H2,1-3H3,(H,43,52)(H,44,53)(H,45,51)(H,46,47,48,49)/t25?,27?,30?,32?,36-/m0/s1. The second-order valence-electron chi connectivity index (χ2n) is 14.8. The van der Waals surface area contributed by atoms with Crippen molar-refractivity contribution in [3.8, 4) is 22.5 Å². The van der Waals surface area contributed by atoms with Crippen LogP contribution in [0.4, 0.5) is 10.1 Å². The number of H-pyrrole nitrogens is 1. The van der Waals surface area contributed by atoms with Gasteiger partial charge in [-0.25, -0.2) is 4.39 Å². The fraction of sp³-hybridized carbons (Fsp3) is 0.450. The summed E-state index contributed by atoms with van der Waals surface area (Å²) in [7, 11) is 4.22. The van der Waals surface area contributed by atoms with Crippen LogP contribution in [0.15, 0.2) is 60.7 Å². The molecule has 0 spiro atoms. The van der Waals surface area contributed by atoms with Crippen LogP contribution in [0, 0.1) is 24.6 Å². The number of aromatic amines is 1. The van der Waals surface area contributed by atoms with Crippen molar-refractivity contribution in [1.29, 1.82) is 0 Å². The molecule has 53 heavy (non-hydrogen) atoms. The summed E-state index contributed by atoms with van der Waals surface area (Å²) in [6.45, 7) is 2.59. The minimum atomic E-state index is -0.926. The number of nitrogens with one attached hydrogen (secondary N) is 4. The maximum absolute atomic E-state index is 15.0. The maximum Gasteiger partial charge on any atom is 0.251 e. The van der Waals surface area contributed by atoms with Gasteiger partial charge in [-0.3, -0.25) is 14.4 Å². The fourth-order valence-corrected chi connectivity index (χ4v) is 7.67. The number of carbonyl (C=O) groups excluding carboxylic acids is 3. The monoisotopic (exact) mass is 723 g/mol. The Kier molecular flexibility index (Phi) is 12.3. The second kappa shape index (κ2) is 17.2. The predicted octanol–water partition coefficient (Wildman–Crippen LogP) is 5.01. The van der Waals surface area contributed by atoms with Crippen molar-refractivity contribution in [2.45, 2.75) is 82.8 Å². The molecule has 1 atom stereocenters. The quantitative estimate of drug-likeness (QED) is 0.136. The molecule has 2 aliphatic carbocycles. The zero-order chi connectivity index (χ0) is 37.5. The number of hydrogen-bond acceptors (Lipinski definition) is 8. The average Bonchev–Trinajstić information content (AvgIpc) is 3.70. The molecule has 0 radical (unpaired) electrons. The normalized spacial score (nSPS) is 20.8. The molecule has 0 unspecified atom stereocenters. The van der Waals surface area contributed by atoms with Crippen molar-refractivity contribution in [3.63, 3.8) is 0 Å². The lowest BCUT2D eigenvalue weighted by Gasteiger charge is -2.33. The number of nitrogens with two attached hydrogens (primary N) is 1. The summed E-state index contributed by atoms with van der Waals surface area (Å²) >= 11 is 0. The molecule has 1 aromatic heterocycles. The largest absolute Gasteiger partial charge is 0.349 e. The summed E-state index contributed by atoms with van der Waals surface area (Å²) in [6, 6.07) is 17.6. The van der Waals surface area contributed by atoms with Crippen LogP contribution in [-0.4, -0.2) is 82.0 Å². The number of hydrogen-bond donors (Lipinski definition) is 5. The van der Waals surface area contributed by atoms with E-state index < -0.39 is 17.8 Å². The third-order valence-corrected chi connectivity index (χ3v) is 10.9. The lowest BCUT2D eigenvalue weighted by atomic mass is 9.81. The molecule has 12 nitrogen and oxygen atoms in total. The Balaban J connectivity index is 1.16. The first-order valence-corrected chi connectivity index (χ1v) is 18.6. The van der Waals surface area contributed by atoms with Crippen LogP contribution in [-0.2, 0) is 16.0 Å². The van der Waals surface area contributed by atoms with Crippen molar-refractivity contribution < 1.29 is 18.8 Å². The minimum absolute atomic E-state index is 0.0628. The third kappa shape index (κ3) is 9.51. The molecule has 6 N–H and O–H groups in total. The number of anilines is 1. The molecule has 3 amide bonds. The van der Waals surface area contributed by atoms with E-state index in [4.69, 9.17) is 5.73 Å². The Hall–Kier alpha value is -5.01. The van der Waals surface area contributed by atoms with E-state index in [1.807, 2.05) is 49.4 Å². The number of tetrazole rings is 1. The van der Waals surface area contributed by atoms with Gasteiger partial charge in [-0.15, -0.1) is 10.2 Å². The average molecular weight is 724 g/mol. The molecule has 0 aliphatic heterocycles. The van der Waals surface area contributed by atoms with Gasteiger partial charge < -0.3 is 26.6 Å². The molecule has 0 bridgehead atoms. The number of halogens is 1. The minimum Gasteiger partial charge on any atom is -0.349 e. The van der Waals surface area contributed by atoms with Gasteiger partial charge in [0.05, 0.1) is 5.56 Å². The number of aryl methyl sites for hydroxylation is 1. The first kappa shape index (κ1) is 37.7. The van der Waals surface area contributed by atoms with Crippen molar-refractivity contribution in [1.82, 2.24) is 36.2 Å². The second-order valence-corrected chi connectivity index (χ2v) is 14.8. The summed E-state index contributed by atoms with van der Waals surface area (Å²) < 4.78 is 15.0. The van der Waals surface area contributed by atoms with E-state index in [2.05, 4.69) is 55.6 Å². The zero-order valence-corrected chi connectivity index (χ0v) is 30.7. The fourth-order valence-electron chi connectivity index (χ4n) is 7.67. The van der Waals surface area contributed by atoms with Crippen LogP contribution < -0.4 is 21.7 Å². The molecule has 2 aliphatic rings. The van der Waals surface area contributed by atoms with Crippen molar-refractivity contribution in [3.05, 3.63) is 83.2 Å². The number of rotatable bonds is 12. The topological polar surface area (TPSA) is 171 Å². The van der Waals surface area contributed by atoms with Crippen LogP contribution in [0.3, 0.4) is 0 Å². The molecule has 6 rings (SSSR count). The van der Waals surface area contributed by atoms with Gasteiger partial charge in [0.2, 0.25) is 17.6 Å². The highest BCUT2D eigenvalue weighted by atomic mass is 19.1. The molecule has 2 fully saturated rings. The summed E-state index contributed by atoms with van der Waals surface area (Å²) in [4.78, 5) is 42.8. The molecular formula is C40H50FN9O3. The molecule has 280 valence electrons. The van der Waals surface area contributed by atoms with Crippen LogP contribution >= 0.6 is 0 Å². The Morgan fingerprint density at radius 2 is 1.70 bits per heavy atom. The summed E-state index contributed by atoms with van der Waals surface area (Å²) in [5, 5.41) is 22.5. The highest BCUT2D eigenvalue weighted by Crippen LogP contribution is 2.30. The maximum atomic E-state index is 15.0. The summed E-state index contributed by atoms with van der Waals surface area (Å²) in [5.41, 5.74) is 10.5. The van der Waals surface area contributed by atoms with Gasteiger partial charge in [-0.1, -0.05) is 30.3 Å². The first-order valence-electron chi connectivity index (χ1n) is 18.6. The number of benzene rings is 3. The van der Waals surface area contributed by atoms with Gasteiger partial charge in [0, 0.05) is 35.7 Å². The van der Waals surface area contributed by atoms with Gasteiger partial charge >= 0.3 is 0 Å². The highest BCUT2D eigenvalue weighted by Gasteiger charge is 2.30. The third-order valence-electron chi connectivity index (χ3n) is 10.9. The lowest BCUT2D eigenvalue weighted by molar-refractivity contribution is -0.130. The summed E-state index contributed by atoms with van der Waals surface area (Å²) in [5.74, 6) is -1.03. The van der Waals surface area contributed by atoms with Gasteiger partial charge in [0.1, 0.15) is 11.9 Å². The molecule has 2 saturated carbocycles. The van der Waals surface area contributed by atoms with E-state index in [1.165, 1.54) is 12.1 Å². The zero-order valence-electron chi connectivity index (χ0n) is 30.7. The van der Waals surface area contributed by atoms with Gasteiger partial charge in [0.15, 0.2) is 0 Å². The molecular weight excluding hydrogens is 673 g/mol. The molecule has 1 heterocycles. The Morgan fingerprint density at radius 1 is 0.943 bits per heavy atom. The summed E-state index contributed by atoms with van der Waals surface area (Å²) in [6.07, 6.45) is 7.47. The van der Waals surface area contributed by atoms with Crippen molar-refractivity contribution in [2.24, 2.45) is 17.6 Å². The first-order chi connectivity index (χ1) is 25.6. The van der Waals surface area contributed by atoms with Gasteiger partial charge in [-0.05, 0) is 143 Å². The smallest absolute Gasteiger partial charge is 0.251 e. The van der Waals surface area contributed by atoms with Crippen molar-refractivity contribution >= 4 is 23.4 Å². The predicted molar refractivity (Wildman–Crippen MR) is 202 cm³/mol. The van der Waals surface area contributed by atoms with Crippen LogP contribution in [0.2, 0.25) is 0 Å². The van der Waals surface area contributed by atoms with E-state index in [0.29, 0.717) is 36.9 Å². The molecule has 0 saturated heterocycles. The van der Waals surface area contributed by atoms with Crippen LogP contribution in [0.5, 0.6) is 0 Å². The Morgan fingerprint density at radius 3 is 2.36 bits per heavy atom. The molecule has 13 heteroatoms. The van der Waals surface area contributed by atoms with Gasteiger partial charge in [-0.2, -0.15) is 5.21 Å². The van der Waals surface area contributed by atoms with E-state index in [1.54, 1.807) is 6.07 Å². The van der Waals surface area contributed by atoms with Crippen molar-refractivity contribution in [2.75, 3.05) is 26.0 Å². The number of carbonyl (C=O) groups is 3.